The monoisotopic (exact) mass is 454 g/mol. The van der Waals surface area contributed by atoms with Gasteiger partial charge in [0.25, 0.3) is 5.91 Å². The lowest BCUT2D eigenvalue weighted by molar-refractivity contribution is 0.00301. The number of rotatable bonds is 8. The van der Waals surface area contributed by atoms with E-state index >= 15 is 0 Å². The molecule has 1 aromatic heterocycles. The van der Waals surface area contributed by atoms with Crippen LogP contribution in [0.25, 0.3) is 0 Å². The van der Waals surface area contributed by atoms with Crippen LogP contribution in [0.2, 0.25) is 5.02 Å². The van der Waals surface area contributed by atoms with Crippen molar-refractivity contribution in [3.05, 3.63) is 88.8 Å². The Balaban J connectivity index is 1.41. The second kappa shape index (κ2) is 10.7. The average Bonchev–Trinajstić information content (AvgIpc) is 3.37. The number of benzene rings is 2. The summed E-state index contributed by atoms with van der Waals surface area (Å²) in [4.78, 5) is 16.7. The zero-order valence-corrected chi connectivity index (χ0v) is 18.8. The summed E-state index contributed by atoms with van der Waals surface area (Å²) in [5, 5.41) is 0.696. The largest absolute Gasteiger partial charge is 0.497 e. The molecule has 0 aliphatic carbocycles. The van der Waals surface area contributed by atoms with Crippen molar-refractivity contribution in [2.45, 2.75) is 12.7 Å². The fraction of sp³-hybridized carbons (Fsp3) is 0.320. The number of carbonyl (C=O) groups excluding carboxylic acids is 1. The number of piperazine rings is 1. The van der Waals surface area contributed by atoms with Crippen molar-refractivity contribution in [2.24, 2.45) is 0 Å². The topological polar surface area (TPSA) is 55.2 Å². The Kier molecular flexibility index (Phi) is 7.47. The van der Waals surface area contributed by atoms with Crippen molar-refractivity contribution in [1.82, 2.24) is 9.80 Å². The van der Waals surface area contributed by atoms with Crippen LogP contribution in [-0.4, -0.2) is 55.5 Å². The number of ether oxygens (including phenoxy) is 2. The number of methoxy groups -OCH3 is 1. The van der Waals surface area contributed by atoms with E-state index in [-0.39, 0.29) is 12.0 Å². The molecule has 0 saturated carbocycles. The van der Waals surface area contributed by atoms with Crippen molar-refractivity contribution in [3.8, 4) is 5.75 Å². The molecule has 168 valence electrons. The maximum absolute atomic E-state index is 12.5. The van der Waals surface area contributed by atoms with Gasteiger partial charge in [-0.1, -0.05) is 35.9 Å². The van der Waals surface area contributed by atoms with Crippen LogP contribution in [0.5, 0.6) is 5.75 Å². The van der Waals surface area contributed by atoms with Gasteiger partial charge in [-0.05, 0) is 47.5 Å². The number of hydrogen-bond acceptors (Lipinski definition) is 5. The molecule has 1 aliphatic heterocycles. The first-order valence-corrected chi connectivity index (χ1v) is 11.1. The Morgan fingerprint density at radius 3 is 2.59 bits per heavy atom. The van der Waals surface area contributed by atoms with Gasteiger partial charge in [-0.15, -0.1) is 0 Å². The van der Waals surface area contributed by atoms with E-state index in [1.54, 1.807) is 19.2 Å². The molecule has 0 spiro atoms. The molecule has 1 amide bonds. The molecule has 0 unspecified atom stereocenters. The molecular weight excluding hydrogens is 428 g/mol. The van der Waals surface area contributed by atoms with Crippen LogP contribution in [0, 0.1) is 0 Å². The predicted octanol–water partition coefficient (Wildman–Crippen LogP) is 4.66. The Bertz CT molecular complexity index is 1020. The summed E-state index contributed by atoms with van der Waals surface area (Å²) in [6, 6.07) is 19.1. The number of amides is 1. The molecule has 0 bridgehead atoms. The lowest BCUT2D eigenvalue weighted by Crippen LogP contribution is -2.49. The molecule has 7 heteroatoms. The summed E-state index contributed by atoms with van der Waals surface area (Å²) in [6.45, 7) is 4.02. The highest BCUT2D eigenvalue weighted by Crippen LogP contribution is 2.25. The second-order valence-electron chi connectivity index (χ2n) is 7.78. The van der Waals surface area contributed by atoms with Gasteiger partial charge in [0.15, 0.2) is 5.76 Å². The third-order valence-corrected chi connectivity index (χ3v) is 5.86. The molecular formula is C25H27ClN2O4. The van der Waals surface area contributed by atoms with E-state index in [0.29, 0.717) is 30.5 Å². The molecule has 4 rings (SSSR count). The van der Waals surface area contributed by atoms with Crippen LogP contribution in [0.1, 0.15) is 27.8 Å². The molecule has 32 heavy (non-hydrogen) atoms. The Hall–Kier alpha value is -2.80. The third kappa shape index (κ3) is 5.71. The first kappa shape index (κ1) is 22.4. The molecule has 1 saturated heterocycles. The van der Waals surface area contributed by atoms with Gasteiger partial charge in [0.1, 0.15) is 5.75 Å². The zero-order valence-electron chi connectivity index (χ0n) is 18.1. The lowest BCUT2D eigenvalue weighted by atomic mass is 10.1. The first-order valence-electron chi connectivity index (χ1n) is 10.7. The normalized spacial score (nSPS) is 15.5. The van der Waals surface area contributed by atoms with Crippen LogP contribution in [-0.2, 0) is 11.3 Å². The highest BCUT2D eigenvalue weighted by atomic mass is 35.5. The van der Waals surface area contributed by atoms with Gasteiger partial charge >= 0.3 is 0 Å². The van der Waals surface area contributed by atoms with E-state index in [9.17, 15) is 4.79 Å². The van der Waals surface area contributed by atoms with Crippen LogP contribution >= 0.6 is 11.6 Å². The third-order valence-electron chi connectivity index (χ3n) is 5.62. The molecule has 1 atom stereocenters. The van der Waals surface area contributed by atoms with E-state index in [0.717, 1.165) is 36.5 Å². The van der Waals surface area contributed by atoms with Gasteiger partial charge in [-0.25, -0.2) is 0 Å². The van der Waals surface area contributed by atoms with Crippen LogP contribution < -0.4 is 4.74 Å². The summed E-state index contributed by atoms with van der Waals surface area (Å²) in [6.07, 6.45) is 1.39. The molecule has 0 N–H and O–H groups in total. The van der Waals surface area contributed by atoms with Crippen molar-refractivity contribution in [3.63, 3.8) is 0 Å². The van der Waals surface area contributed by atoms with Gasteiger partial charge in [0, 0.05) is 37.7 Å². The predicted molar refractivity (Wildman–Crippen MR) is 123 cm³/mol. The first-order chi connectivity index (χ1) is 15.6. The quantitative estimate of drug-likeness (QED) is 0.495. The Labute approximate surface area is 193 Å². The van der Waals surface area contributed by atoms with Crippen LogP contribution in [0.15, 0.2) is 71.3 Å². The summed E-state index contributed by atoms with van der Waals surface area (Å²) < 4.78 is 17.0. The van der Waals surface area contributed by atoms with E-state index in [1.807, 2.05) is 47.4 Å². The van der Waals surface area contributed by atoms with E-state index in [2.05, 4.69) is 11.0 Å². The second-order valence-corrected chi connectivity index (χ2v) is 8.21. The summed E-state index contributed by atoms with van der Waals surface area (Å²) >= 11 is 6.13. The number of nitrogens with zero attached hydrogens (tertiary/aromatic N) is 2. The van der Waals surface area contributed by atoms with Crippen molar-refractivity contribution in [1.29, 1.82) is 0 Å². The van der Waals surface area contributed by atoms with E-state index in [4.69, 9.17) is 25.5 Å². The minimum atomic E-state index is -0.142. The SMILES string of the molecule is COc1cccc([C@H](CN2CCN(C(=O)c3ccco3)CC2)OCc2cccc(Cl)c2)c1. The smallest absolute Gasteiger partial charge is 0.289 e. The fourth-order valence-electron chi connectivity index (χ4n) is 3.84. The molecule has 2 aromatic carbocycles. The van der Waals surface area contributed by atoms with Crippen molar-refractivity contribution >= 4 is 17.5 Å². The standard InChI is InChI=1S/C25H27ClN2O4/c1-30-22-8-3-6-20(16-22)24(32-18-19-5-2-7-21(26)15-19)17-27-10-12-28(13-11-27)25(29)23-9-4-14-31-23/h2-9,14-16,24H,10-13,17-18H2,1H3/t24-/m0/s1. The van der Waals surface area contributed by atoms with Crippen LogP contribution in [0.4, 0.5) is 0 Å². The number of hydrogen-bond donors (Lipinski definition) is 0. The molecule has 3 aromatic rings. The summed E-state index contributed by atoms with van der Waals surface area (Å²) in [5.74, 6) is 1.13. The number of furan rings is 1. The van der Waals surface area contributed by atoms with Crippen molar-refractivity contribution < 1.29 is 18.7 Å². The van der Waals surface area contributed by atoms with Gasteiger partial charge in [0.05, 0.1) is 26.1 Å². The van der Waals surface area contributed by atoms with Gasteiger partial charge in [-0.3, -0.25) is 9.69 Å². The highest BCUT2D eigenvalue weighted by Gasteiger charge is 2.26. The van der Waals surface area contributed by atoms with Gasteiger partial charge in [-0.2, -0.15) is 0 Å². The Morgan fingerprint density at radius 2 is 1.88 bits per heavy atom. The molecule has 1 fully saturated rings. The summed E-state index contributed by atoms with van der Waals surface area (Å²) in [5.41, 5.74) is 2.08. The molecule has 6 nitrogen and oxygen atoms in total. The molecule has 1 aliphatic rings. The van der Waals surface area contributed by atoms with E-state index < -0.39 is 0 Å². The Morgan fingerprint density at radius 1 is 1.06 bits per heavy atom. The number of carbonyl (C=O) groups is 1. The molecule has 2 heterocycles. The summed E-state index contributed by atoms with van der Waals surface area (Å²) in [7, 11) is 1.66. The average molecular weight is 455 g/mol. The van der Waals surface area contributed by atoms with Crippen LogP contribution in [0.3, 0.4) is 0 Å². The number of halogens is 1. The fourth-order valence-corrected chi connectivity index (χ4v) is 4.06. The van der Waals surface area contributed by atoms with Gasteiger partial charge in [0.2, 0.25) is 0 Å². The lowest BCUT2D eigenvalue weighted by Gasteiger charge is -2.36. The zero-order chi connectivity index (χ0) is 22.3. The maximum atomic E-state index is 12.5. The van der Waals surface area contributed by atoms with Gasteiger partial charge < -0.3 is 18.8 Å². The van der Waals surface area contributed by atoms with E-state index in [1.165, 1.54) is 6.26 Å². The highest BCUT2D eigenvalue weighted by molar-refractivity contribution is 6.30. The van der Waals surface area contributed by atoms with Crippen molar-refractivity contribution in [2.75, 3.05) is 39.8 Å². The minimum absolute atomic E-state index is 0.0591. The molecule has 0 radical (unpaired) electrons. The maximum Gasteiger partial charge on any atom is 0.289 e. The minimum Gasteiger partial charge on any atom is -0.497 e.